The second-order valence-corrected chi connectivity index (χ2v) is 8.51. The highest BCUT2D eigenvalue weighted by Gasteiger charge is 2.61. The first-order chi connectivity index (χ1) is 8.61. The van der Waals surface area contributed by atoms with Gasteiger partial charge in [0.15, 0.2) is 0 Å². The van der Waals surface area contributed by atoms with Crippen LogP contribution in [0.2, 0.25) is 0 Å². The minimum atomic E-state index is -3.60. The zero-order chi connectivity index (χ0) is 14.5. The summed E-state index contributed by atoms with van der Waals surface area (Å²) in [5.74, 6) is -0.789. The van der Waals surface area contributed by atoms with Crippen molar-refractivity contribution in [2.45, 2.75) is 38.9 Å². The molecule has 108 valence electrons. The number of amides is 1. The fourth-order valence-electron chi connectivity index (χ4n) is 2.20. The first-order valence-electron chi connectivity index (χ1n) is 6.14. The molecule has 2 aliphatic heterocycles. The van der Waals surface area contributed by atoms with Gasteiger partial charge >= 0.3 is 13.5 Å². The smallest absolute Gasteiger partial charge is 0.401 e. The summed E-state index contributed by atoms with van der Waals surface area (Å²) in [4.78, 5) is 11.2. The minimum Gasteiger partial charge on any atom is -0.623 e. The van der Waals surface area contributed by atoms with Crippen LogP contribution < -0.4 is 5.73 Å². The molecule has 1 atom stereocenters. The van der Waals surface area contributed by atoms with E-state index in [0.717, 1.165) is 0 Å². The molecule has 2 aliphatic rings. The SMILES string of the molecule is CC1(C)COP(=O)(C2(C)CCC(C(N)=O)=[N+]2[O-])OC1. The maximum Gasteiger partial charge on any atom is 0.401 e. The molecular weight excluding hydrogens is 271 g/mol. The predicted molar refractivity (Wildman–Crippen MR) is 68.8 cm³/mol. The first kappa shape index (κ1) is 14.5. The van der Waals surface area contributed by atoms with Crippen LogP contribution >= 0.6 is 7.60 Å². The normalized spacial score (nSPS) is 33.4. The van der Waals surface area contributed by atoms with Gasteiger partial charge in [0.25, 0.3) is 11.0 Å². The average molecular weight is 290 g/mol. The molecule has 19 heavy (non-hydrogen) atoms. The lowest BCUT2D eigenvalue weighted by molar-refractivity contribution is -0.510. The van der Waals surface area contributed by atoms with Crippen LogP contribution in [0, 0.1) is 10.6 Å². The fourth-order valence-corrected chi connectivity index (χ4v) is 4.60. The molecule has 1 unspecified atom stereocenters. The van der Waals surface area contributed by atoms with E-state index in [4.69, 9.17) is 14.8 Å². The van der Waals surface area contributed by atoms with Crippen LogP contribution in [0.5, 0.6) is 0 Å². The van der Waals surface area contributed by atoms with E-state index in [2.05, 4.69) is 0 Å². The third-order valence-corrected chi connectivity index (χ3v) is 6.17. The Hall–Kier alpha value is -0.910. The predicted octanol–water partition coefficient (Wildman–Crippen LogP) is 1.20. The van der Waals surface area contributed by atoms with E-state index in [1.54, 1.807) is 0 Å². The molecule has 1 amide bonds. The quantitative estimate of drug-likeness (QED) is 0.467. The average Bonchev–Trinajstić information content (AvgIpc) is 2.62. The molecule has 7 nitrogen and oxygen atoms in total. The topological polar surface area (TPSA) is 105 Å². The van der Waals surface area contributed by atoms with Gasteiger partial charge in [-0.3, -0.25) is 9.36 Å². The molecule has 0 aromatic heterocycles. The standard InChI is InChI=1S/C11H19N2O5P/c1-10(2)6-17-19(16,18-7-10)11(3)5-4-8(9(12)14)13(11)15/h4-7H2,1-3H3,(H2,12,14). The van der Waals surface area contributed by atoms with Gasteiger partial charge in [-0.05, 0) is 0 Å². The highest BCUT2D eigenvalue weighted by molar-refractivity contribution is 7.55. The molecule has 2 rings (SSSR count). The van der Waals surface area contributed by atoms with E-state index < -0.39 is 18.8 Å². The third-order valence-electron chi connectivity index (χ3n) is 3.64. The molecular formula is C11H19N2O5P. The van der Waals surface area contributed by atoms with Crippen LogP contribution in [0.1, 0.15) is 33.6 Å². The number of rotatable bonds is 2. The molecule has 0 aliphatic carbocycles. The first-order valence-corrected chi connectivity index (χ1v) is 7.68. The summed E-state index contributed by atoms with van der Waals surface area (Å²) >= 11 is 0. The Kier molecular flexibility index (Phi) is 3.28. The Morgan fingerprint density at radius 1 is 1.37 bits per heavy atom. The van der Waals surface area contributed by atoms with Crippen molar-refractivity contribution in [3.63, 3.8) is 0 Å². The zero-order valence-corrected chi connectivity index (χ0v) is 12.2. The van der Waals surface area contributed by atoms with Crippen LogP contribution in [0.25, 0.3) is 0 Å². The van der Waals surface area contributed by atoms with Crippen molar-refractivity contribution in [1.29, 1.82) is 0 Å². The zero-order valence-electron chi connectivity index (χ0n) is 11.3. The van der Waals surface area contributed by atoms with Gasteiger partial charge in [0.1, 0.15) is 0 Å². The van der Waals surface area contributed by atoms with Gasteiger partial charge in [-0.1, -0.05) is 13.8 Å². The van der Waals surface area contributed by atoms with Crippen molar-refractivity contribution in [2.24, 2.45) is 11.1 Å². The number of hydrogen-bond acceptors (Lipinski definition) is 5. The summed E-state index contributed by atoms with van der Waals surface area (Å²) < 4.78 is 24.0. The fraction of sp³-hybridized carbons (Fsp3) is 0.818. The summed E-state index contributed by atoms with van der Waals surface area (Å²) in [5, 5.41) is 10.8. The maximum atomic E-state index is 12.8. The van der Waals surface area contributed by atoms with Crippen LogP contribution in [-0.4, -0.2) is 34.9 Å². The molecule has 2 N–H and O–H groups in total. The van der Waals surface area contributed by atoms with Crippen LogP contribution in [0.4, 0.5) is 0 Å². The Bertz CT molecular complexity index is 487. The maximum absolute atomic E-state index is 12.8. The van der Waals surface area contributed by atoms with Gasteiger partial charge in [0.2, 0.25) is 0 Å². The molecule has 0 aromatic rings. The number of primary amides is 1. The van der Waals surface area contributed by atoms with Gasteiger partial charge in [-0.25, -0.2) is 0 Å². The lowest BCUT2D eigenvalue weighted by Gasteiger charge is -2.39. The number of nitrogens with two attached hydrogens (primary N) is 1. The van der Waals surface area contributed by atoms with E-state index in [1.807, 2.05) is 13.8 Å². The van der Waals surface area contributed by atoms with Gasteiger partial charge in [-0.2, -0.15) is 4.74 Å². The monoisotopic (exact) mass is 290 g/mol. The Morgan fingerprint density at radius 3 is 2.32 bits per heavy atom. The van der Waals surface area contributed by atoms with Crippen molar-refractivity contribution in [3.05, 3.63) is 5.21 Å². The third kappa shape index (κ3) is 2.20. The van der Waals surface area contributed by atoms with Gasteiger partial charge in [0.05, 0.1) is 13.2 Å². The van der Waals surface area contributed by atoms with E-state index in [0.29, 0.717) is 4.74 Å². The van der Waals surface area contributed by atoms with Crippen molar-refractivity contribution < 1.29 is 23.1 Å². The number of hydrogen-bond donors (Lipinski definition) is 1. The number of carbonyl (C=O) groups excluding carboxylic acids is 1. The van der Waals surface area contributed by atoms with Crippen LogP contribution in [0.3, 0.4) is 0 Å². The van der Waals surface area contributed by atoms with E-state index in [9.17, 15) is 14.6 Å². The van der Waals surface area contributed by atoms with E-state index >= 15 is 0 Å². The molecule has 2 heterocycles. The largest absolute Gasteiger partial charge is 0.623 e. The van der Waals surface area contributed by atoms with Crippen molar-refractivity contribution in [3.8, 4) is 0 Å². The van der Waals surface area contributed by atoms with Crippen molar-refractivity contribution in [2.75, 3.05) is 13.2 Å². The molecule has 1 saturated heterocycles. The van der Waals surface area contributed by atoms with Gasteiger partial charge < -0.3 is 20.0 Å². The summed E-state index contributed by atoms with van der Waals surface area (Å²) in [6.07, 6.45) is 0.419. The highest BCUT2D eigenvalue weighted by Crippen LogP contribution is 2.66. The summed E-state index contributed by atoms with van der Waals surface area (Å²) in [5.41, 5.74) is 4.82. The van der Waals surface area contributed by atoms with Crippen LogP contribution in [-0.2, 0) is 18.4 Å². The lowest BCUT2D eigenvalue weighted by Crippen LogP contribution is -2.41. The minimum absolute atomic E-state index is 0.0743. The molecule has 0 saturated carbocycles. The second kappa shape index (κ2) is 4.30. The number of hydroxylamine groups is 1. The molecule has 8 heteroatoms. The Balaban J connectivity index is 2.32. The molecule has 0 spiro atoms. The van der Waals surface area contributed by atoms with Gasteiger partial charge in [-0.15, -0.1) is 0 Å². The number of carbonyl (C=O) groups is 1. The number of nitrogens with zero attached hydrogens (tertiary/aromatic N) is 1. The second-order valence-electron chi connectivity index (χ2n) is 6.03. The van der Waals surface area contributed by atoms with Crippen molar-refractivity contribution >= 4 is 19.2 Å². The van der Waals surface area contributed by atoms with E-state index in [1.165, 1.54) is 6.92 Å². The molecule has 0 radical (unpaired) electrons. The summed E-state index contributed by atoms with van der Waals surface area (Å²) in [7, 11) is -3.60. The molecule has 0 aromatic carbocycles. The van der Waals surface area contributed by atoms with Gasteiger partial charge in [0, 0.05) is 25.2 Å². The van der Waals surface area contributed by atoms with Crippen molar-refractivity contribution in [1.82, 2.24) is 0 Å². The summed E-state index contributed by atoms with van der Waals surface area (Å²) in [6.45, 7) is 5.83. The Labute approximate surface area is 111 Å². The molecule has 0 bridgehead atoms. The Morgan fingerprint density at radius 2 is 1.89 bits per heavy atom. The van der Waals surface area contributed by atoms with E-state index in [-0.39, 0.29) is 37.2 Å². The molecule has 1 fully saturated rings. The summed E-state index contributed by atoms with van der Waals surface area (Å²) in [6, 6.07) is 0. The van der Waals surface area contributed by atoms with Crippen LogP contribution in [0.15, 0.2) is 0 Å². The lowest BCUT2D eigenvalue weighted by atomic mass is 9.97. The highest BCUT2D eigenvalue weighted by atomic mass is 31.2.